The van der Waals surface area contributed by atoms with Gasteiger partial charge in [0.15, 0.2) is 0 Å². The van der Waals surface area contributed by atoms with Gasteiger partial charge in [0.05, 0.1) is 11.2 Å². The first-order valence-electron chi connectivity index (χ1n) is 8.18. The first-order valence-corrected chi connectivity index (χ1v) is 8.18. The third-order valence-electron chi connectivity index (χ3n) is 5.25. The zero-order valence-corrected chi connectivity index (χ0v) is 13.8. The van der Waals surface area contributed by atoms with Crippen molar-refractivity contribution in [3.63, 3.8) is 0 Å². The molecule has 0 aliphatic heterocycles. The number of carboxylic acid groups (broad SMARTS) is 1. The minimum atomic E-state index is -1.09. The first kappa shape index (κ1) is 15.7. The second-order valence-electron chi connectivity index (χ2n) is 6.43. The average molecular weight is 313 g/mol. The summed E-state index contributed by atoms with van der Waals surface area (Å²) < 4.78 is 0. The highest BCUT2D eigenvalue weighted by atomic mass is 16.4. The Morgan fingerprint density at radius 3 is 2.70 bits per heavy atom. The zero-order valence-electron chi connectivity index (χ0n) is 13.8. The highest BCUT2D eigenvalue weighted by molar-refractivity contribution is 5.98. The summed E-state index contributed by atoms with van der Waals surface area (Å²) >= 11 is 0. The molecule has 2 aliphatic rings. The fraction of sp³-hybridized carbons (Fsp3) is 0.421. The number of aromatic hydroxyl groups is 1. The Bertz CT molecular complexity index is 720. The second-order valence-corrected chi connectivity index (χ2v) is 6.43. The monoisotopic (exact) mass is 313 g/mol. The molecule has 2 atom stereocenters. The van der Waals surface area contributed by atoms with E-state index in [-0.39, 0.29) is 16.9 Å². The summed E-state index contributed by atoms with van der Waals surface area (Å²) in [4.78, 5) is 13.9. The van der Waals surface area contributed by atoms with E-state index < -0.39 is 5.97 Å². The van der Waals surface area contributed by atoms with Gasteiger partial charge in [0.2, 0.25) is 0 Å². The van der Waals surface area contributed by atoms with E-state index in [1.807, 2.05) is 13.0 Å². The summed E-state index contributed by atoms with van der Waals surface area (Å²) in [7, 11) is 0. The molecule has 0 amide bonds. The molecule has 4 heteroatoms. The Hall–Kier alpha value is -2.23. The van der Waals surface area contributed by atoms with E-state index in [0.717, 1.165) is 12.8 Å². The van der Waals surface area contributed by atoms with Crippen LogP contribution in [0.25, 0.3) is 0 Å². The van der Waals surface area contributed by atoms with Crippen LogP contribution in [0.5, 0.6) is 5.75 Å². The van der Waals surface area contributed by atoms with Crippen LogP contribution in [-0.4, -0.2) is 28.3 Å². The van der Waals surface area contributed by atoms with Gasteiger partial charge in [-0.15, -0.1) is 0 Å². The SMILES string of the molecule is CCC1C=C2C=CC1(N(CC)c1ccc(C)c(O)c1C(=O)O)C2. The van der Waals surface area contributed by atoms with E-state index in [1.54, 1.807) is 13.0 Å². The van der Waals surface area contributed by atoms with E-state index in [1.165, 1.54) is 5.57 Å². The maximum absolute atomic E-state index is 11.8. The van der Waals surface area contributed by atoms with Crippen molar-refractivity contribution in [3.05, 3.63) is 47.1 Å². The van der Waals surface area contributed by atoms with Crippen molar-refractivity contribution in [2.24, 2.45) is 5.92 Å². The van der Waals surface area contributed by atoms with Crippen molar-refractivity contribution in [2.75, 3.05) is 11.4 Å². The van der Waals surface area contributed by atoms with Crippen molar-refractivity contribution >= 4 is 11.7 Å². The lowest BCUT2D eigenvalue weighted by Gasteiger charge is -2.44. The van der Waals surface area contributed by atoms with Crippen molar-refractivity contribution in [3.8, 4) is 5.75 Å². The normalized spacial score (nSPS) is 24.8. The molecule has 0 saturated carbocycles. The van der Waals surface area contributed by atoms with Gasteiger partial charge in [0.25, 0.3) is 0 Å². The molecule has 0 aromatic heterocycles. The number of likely N-dealkylation sites (N-methyl/N-ethyl adjacent to an activating group) is 1. The van der Waals surface area contributed by atoms with Gasteiger partial charge in [-0.1, -0.05) is 31.2 Å². The summed E-state index contributed by atoms with van der Waals surface area (Å²) in [6, 6.07) is 3.62. The topological polar surface area (TPSA) is 60.8 Å². The largest absolute Gasteiger partial charge is 0.507 e. The standard InChI is InChI=1S/C19H23NO3/c1-4-14-10-13-8-9-19(14,11-13)20(5-2)15-7-6-12(3)17(21)16(15)18(22)23/h6-10,14,21H,4-5,11H2,1-3H3,(H,22,23). The molecule has 2 bridgehead atoms. The number of carbonyl (C=O) groups is 1. The van der Waals surface area contributed by atoms with E-state index in [2.05, 4.69) is 30.1 Å². The van der Waals surface area contributed by atoms with Crippen LogP contribution in [0.4, 0.5) is 5.69 Å². The number of aryl methyl sites for hydroxylation is 1. The summed E-state index contributed by atoms with van der Waals surface area (Å²) in [5.41, 5.74) is 2.31. The number of allylic oxidation sites excluding steroid dienone is 1. The zero-order chi connectivity index (χ0) is 16.8. The van der Waals surface area contributed by atoms with Gasteiger partial charge in [-0.2, -0.15) is 0 Å². The Morgan fingerprint density at radius 1 is 1.39 bits per heavy atom. The molecule has 1 aromatic carbocycles. The van der Waals surface area contributed by atoms with Crippen molar-refractivity contribution in [1.82, 2.24) is 0 Å². The minimum absolute atomic E-state index is 0.00447. The van der Waals surface area contributed by atoms with Crippen LogP contribution in [0.2, 0.25) is 0 Å². The van der Waals surface area contributed by atoms with Crippen molar-refractivity contribution < 1.29 is 15.0 Å². The van der Waals surface area contributed by atoms with Gasteiger partial charge < -0.3 is 15.1 Å². The van der Waals surface area contributed by atoms with E-state index in [0.29, 0.717) is 23.7 Å². The molecule has 1 aromatic rings. The molecule has 0 spiro atoms. The van der Waals surface area contributed by atoms with Crippen LogP contribution in [0.1, 0.15) is 42.6 Å². The number of hydrogen-bond acceptors (Lipinski definition) is 3. The van der Waals surface area contributed by atoms with E-state index in [9.17, 15) is 15.0 Å². The van der Waals surface area contributed by atoms with Gasteiger partial charge in [0.1, 0.15) is 11.3 Å². The van der Waals surface area contributed by atoms with Gasteiger partial charge >= 0.3 is 5.97 Å². The summed E-state index contributed by atoms with van der Waals surface area (Å²) in [6.07, 6.45) is 8.57. The second kappa shape index (κ2) is 5.44. The molecular formula is C19H23NO3. The predicted octanol–water partition coefficient (Wildman–Crippen LogP) is 3.89. The van der Waals surface area contributed by atoms with Gasteiger partial charge in [-0.05, 0) is 43.9 Å². The molecule has 4 nitrogen and oxygen atoms in total. The Kier molecular flexibility index (Phi) is 3.71. The van der Waals surface area contributed by atoms with E-state index in [4.69, 9.17) is 0 Å². The highest BCUT2D eigenvalue weighted by Crippen LogP contribution is 2.50. The molecule has 0 saturated heterocycles. The third-order valence-corrected chi connectivity index (χ3v) is 5.25. The summed E-state index contributed by atoms with van der Waals surface area (Å²) in [5.74, 6) is -0.851. The maximum Gasteiger partial charge on any atom is 0.341 e. The molecular weight excluding hydrogens is 290 g/mol. The lowest BCUT2D eigenvalue weighted by molar-refractivity contribution is 0.0694. The van der Waals surface area contributed by atoms with Crippen LogP contribution in [0, 0.1) is 12.8 Å². The quantitative estimate of drug-likeness (QED) is 0.866. The van der Waals surface area contributed by atoms with Crippen LogP contribution in [0.3, 0.4) is 0 Å². The number of aromatic carboxylic acids is 1. The number of fused-ring (bicyclic) bond motifs is 2. The molecule has 122 valence electrons. The van der Waals surface area contributed by atoms with Crippen LogP contribution < -0.4 is 4.90 Å². The number of anilines is 1. The molecule has 3 rings (SSSR count). The third kappa shape index (κ3) is 2.16. The van der Waals surface area contributed by atoms with Crippen molar-refractivity contribution in [2.45, 2.75) is 39.2 Å². The molecule has 0 heterocycles. The predicted molar refractivity (Wildman–Crippen MR) is 91.2 cm³/mol. The van der Waals surface area contributed by atoms with Gasteiger partial charge in [-0.3, -0.25) is 0 Å². The highest BCUT2D eigenvalue weighted by Gasteiger charge is 2.47. The number of carboxylic acids is 1. The first-order chi connectivity index (χ1) is 10.9. The van der Waals surface area contributed by atoms with Crippen LogP contribution >= 0.6 is 0 Å². The lowest BCUT2D eigenvalue weighted by atomic mass is 9.82. The molecule has 2 aliphatic carbocycles. The number of phenols is 1. The van der Waals surface area contributed by atoms with Crippen LogP contribution in [0.15, 0.2) is 35.9 Å². The number of nitrogens with zero attached hydrogens (tertiary/aromatic N) is 1. The lowest BCUT2D eigenvalue weighted by Crippen LogP contribution is -2.50. The number of benzene rings is 1. The molecule has 2 N–H and O–H groups in total. The Balaban J connectivity index is 2.15. The Labute approximate surface area is 136 Å². The van der Waals surface area contributed by atoms with E-state index >= 15 is 0 Å². The molecule has 2 unspecified atom stereocenters. The fourth-order valence-corrected chi connectivity index (χ4v) is 4.13. The Morgan fingerprint density at radius 2 is 2.13 bits per heavy atom. The van der Waals surface area contributed by atoms with Crippen molar-refractivity contribution in [1.29, 1.82) is 0 Å². The number of hydrogen-bond donors (Lipinski definition) is 2. The summed E-state index contributed by atoms with van der Waals surface area (Å²) in [5, 5.41) is 19.9. The summed E-state index contributed by atoms with van der Waals surface area (Å²) in [6.45, 7) is 6.61. The average Bonchev–Trinajstić information content (AvgIpc) is 3.09. The van der Waals surface area contributed by atoms with Gasteiger partial charge in [-0.25, -0.2) is 4.79 Å². The maximum atomic E-state index is 11.8. The molecule has 0 radical (unpaired) electrons. The molecule has 23 heavy (non-hydrogen) atoms. The number of rotatable bonds is 5. The fourth-order valence-electron chi connectivity index (χ4n) is 4.13. The molecule has 0 fully saturated rings. The minimum Gasteiger partial charge on any atom is -0.507 e. The van der Waals surface area contributed by atoms with Gasteiger partial charge in [0, 0.05) is 12.5 Å². The smallest absolute Gasteiger partial charge is 0.341 e. The van der Waals surface area contributed by atoms with Crippen LogP contribution in [-0.2, 0) is 0 Å².